The predicted octanol–water partition coefficient (Wildman–Crippen LogP) is 2.46. The van der Waals surface area contributed by atoms with Crippen LogP contribution in [0.2, 0.25) is 0 Å². The van der Waals surface area contributed by atoms with Gasteiger partial charge in [-0.2, -0.15) is 0 Å². The number of nitrogens with zero attached hydrogens (tertiary/aromatic N) is 5. The van der Waals surface area contributed by atoms with Crippen LogP contribution in [0.5, 0.6) is 0 Å². The second-order valence-corrected chi connectivity index (χ2v) is 6.89. The number of rotatable bonds is 4. The van der Waals surface area contributed by atoms with Crippen molar-refractivity contribution in [3.8, 4) is 0 Å². The molecule has 3 fully saturated rings. The third-order valence-corrected chi connectivity index (χ3v) is 4.82. The van der Waals surface area contributed by atoms with Crippen LogP contribution in [-0.4, -0.2) is 45.0 Å². The SMILES string of the molecule is CC(C)c1nccc(N2C3CC2CN(Cc2ccccn2)C3)n1. The lowest BCUT2D eigenvalue weighted by Gasteiger charge is -2.57. The molecule has 3 aliphatic heterocycles. The molecule has 0 spiro atoms. The number of piperidine rings is 1. The van der Waals surface area contributed by atoms with Crippen LogP contribution < -0.4 is 4.90 Å². The van der Waals surface area contributed by atoms with Crippen LogP contribution in [0.15, 0.2) is 36.7 Å². The van der Waals surface area contributed by atoms with Crippen LogP contribution in [0.4, 0.5) is 5.82 Å². The first-order valence-corrected chi connectivity index (χ1v) is 8.44. The highest BCUT2D eigenvalue weighted by Crippen LogP contribution is 2.36. The fourth-order valence-electron chi connectivity index (χ4n) is 3.71. The molecule has 5 rings (SSSR count). The number of fused-ring (bicyclic) bond motifs is 2. The van der Waals surface area contributed by atoms with E-state index >= 15 is 0 Å². The van der Waals surface area contributed by atoms with Gasteiger partial charge in [0.2, 0.25) is 0 Å². The van der Waals surface area contributed by atoms with Crippen molar-refractivity contribution >= 4 is 5.82 Å². The van der Waals surface area contributed by atoms with Crippen molar-refractivity contribution in [3.63, 3.8) is 0 Å². The van der Waals surface area contributed by atoms with Gasteiger partial charge in [0.05, 0.1) is 5.69 Å². The summed E-state index contributed by atoms with van der Waals surface area (Å²) in [5, 5.41) is 0. The molecule has 2 aromatic heterocycles. The normalized spacial score (nSPS) is 23.9. The molecule has 0 aliphatic carbocycles. The minimum absolute atomic E-state index is 0.372. The van der Waals surface area contributed by atoms with E-state index in [4.69, 9.17) is 4.98 Å². The molecular weight excluding hydrogens is 286 g/mol. The predicted molar refractivity (Wildman–Crippen MR) is 90.3 cm³/mol. The molecule has 2 aromatic rings. The maximum Gasteiger partial charge on any atom is 0.133 e. The Morgan fingerprint density at radius 1 is 1.09 bits per heavy atom. The van der Waals surface area contributed by atoms with Crippen molar-refractivity contribution < 1.29 is 0 Å². The largest absolute Gasteiger partial charge is 0.348 e. The van der Waals surface area contributed by atoms with E-state index in [0.717, 1.165) is 37.0 Å². The molecule has 3 aliphatic rings. The average Bonchev–Trinajstić information content (AvgIpc) is 2.56. The Balaban J connectivity index is 1.44. The first-order chi connectivity index (χ1) is 11.2. The molecule has 0 N–H and O–H groups in total. The van der Waals surface area contributed by atoms with Crippen molar-refractivity contribution in [2.24, 2.45) is 0 Å². The van der Waals surface area contributed by atoms with Gasteiger partial charge in [0.15, 0.2) is 0 Å². The fourth-order valence-corrected chi connectivity index (χ4v) is 3.71. The molecule has 5 heterocycles. The third kappa shape index (κ3) is 2.81. The highest BCUT2D eigenvalue weighted by Gasteiger charge is 2.45. The lowest BCUT2D eigenvalue weighted by molar-refractivity contribution is 0.106. The second kappa shape index (κ2) is 5.89. The summed E-state index contributed by atoms with van der Waals surface area (Å²) in [6.07, 6.45) is 5.05. The van der Waals surface area contributed by atoms with Gasteiger partial charge in [-0.05, 0) is 24.6 Å². The van der Waals surface area contributed by atoms with Crippen molar-refractivity contribution in [2.45, 2.75) is 44.8 Å². The van der Waals surface area contributed by atoms with Gasteiger partial charge < -0.3 is 4.90 Å². The second-order valence-electron chi connectivity index (χ2n) is 6.89. The number of pyridine rings is 1. The summed E-state index contributed by atoms with van der Waals surface area (Å²) in [6, 6.07) is 9.35. The number of piperazine rings is 1. The highest BCUT2D eigenvalue weighted by molar-refractivity contribution is 5.46. The zero-order valence-corrected chi connectivity index (χ0v) is 13.8. The van der Waals surface area contributed by atoms with E-state index in [1.807, 2.05) is 18.5 Å². The fraction of sp³-hybridized carbons (Fsp3) is 0.500. The summed E-state index contributed by atoms with van der Waals surface area (Å²) in [5.74, 6) is 2.41. The minimum Gasteiger partial charge on any atom is -0.348 e. The summed E-state index contributed by atoms with van der Waals surface area (Å²) in [7, 11) is 0. The molecule has 23 heavy (non-hydrogen) atoms. The van der Waals surface area contributed by atoms with Gasteiger partial charge >= 0.3 is 0 Å². The molecular formula is C18H23N5. The number of anilines is 1. The molecule has 5 heteroatoms. The Morgan fingerprint density at radius 3 is 2.61 bits per heavy atom. The standard InChI is InChI=1S/C18H23N5/c1-13(2)18-20-8-6-17(21-18)23-15-9-16(23)12-22(11-15)10-14-5-3-4-7-19-14/h3-8,13,15-16H,9-12H2,1-2H3. The maximum absolute atomic E-state index is 4.77. The maximum atomic E-state index is 4.77. The molecule has 2 atom stereocenters. The first-order valence-electron chi connectivity index (χ1n) is 8.44. The van der Waals surface area contributed by atoms with Gasteiger partial charge in [-0.1, -0.05) is 19.9 Å². The van der Waals surface area contributed by atoms with Gasteiger partial charge in [-0.25, -0.2) is 9.97 Å². The van der Waals surface area contributed by atoms with Crippen LogP contribution in [0, 0.1) is 0 Å². The summed E-state index contributed by atoms with van der Waals surface area (Å²) < 4.78 is 0. The van der Waals surface area contributed by atoms with Crippen molar-refractivity contribution in [1.29, 1.82) is 0 Å². The van der Waals surface area contributed by atoms with Gasteiger partial charge in [-0.3, -0.25) is 9.88 Å². The average molecular weight is 309 g/mol. The molecule has 0 amide bonds. The van der Waals surface area contributed by atoms with E-state index in [1.165, 1.54) is 6.42 Å². The number of hydrogen-bond donors (Lipinski definition) is 0. The van der Waals surface area contributed by atoms with E-state index in [0.29, 0.717) is 18.0 Å². The Hall–Kier alpha value is -2.01. The molecule has 2 unspecified atom stereocenters. The van der Waals surface area contributed by atoms with E-state index in [9.17, 15) is 0 Å². The zero-order chi connectivity index (χ0) is 15.8. The minimum atomic E-state index is 0.372. The van der Waals surface area contributed by atoms with Crippen molar-refractivity contribution in [1.82, 2.24) is 19.9 Å². The van der Waals surface area contributed by atoms with Gasteiger partial charge in [0.25, 0.3) is 0 Å². The third-order valence-electron chi connectivity index (χ3n) is 4.82. The summed E-state index contributed by atoms with van der Waals surface area (Å²) in [5.41, 5.74) is 1.16. The first kappa shape index (κ1) is 14.6. The Morgan fingerprint density at radius 2 is 1.91 bits per heavy atom. The van der Waals surface area contributed by atoms with E-state index < -0.39 is 0 Å². The Labute approximate surface area is 137 Å². The molecule has 3 saturated heterocycles. The summed E-state index contributed by atoms with van der Waals surface area (Å²) in [4.78, 5) is 18.6. The Kier molecular flexibility index (Phi) is 3.73. The van der Waals surface area contributed by atoms with E-state index in [2.05, 4.69) is 51.8 Å². The molecule has 0 saturated carbocycles. The molecule has 120 valence electrons. The topological polar surface area (TPSA) is 45.2 Å². The molecule has 2 bridgehead atoms. The van der Waals surface area contributed by atoms with Crippen molar-refractivity contribution in [2.75, 3.05) is 18.0 Å². The van der Waals surface area contributed by atoms with E-state index in [1.54, 1.807) is 0 Å². The zero-order valence-electron chi connectivity index (χ0n) is 13.8. The lowest BCUT2D eigenvalue weighted by atomic mass is 9.87. The van der Waals surface area contributed by atoms with Crippen LogP contribution in [-0.2, 0) is 6.54 Å². The summed E-state index contributed by atoms with van der Waals surface area (Å²) >= 11 is 0. The van der Waals surface area contributed by atoms with Crippen LogP contribution in [0.1, 0.15) is 37.7 Å². The summed E-state index contributed by atoms with van der Waals surface area (Å²) in [6.45, 7) is 7.42. The van der Waals surface area contributed by atoms with Gasteiger partial charge in [-0.15, -0.1) is 0 Å². The van der Waals surface area contributed by atoms with Crippen LogP contribution >= 0.6 is 0 Å². The van der Waals surface area contributed by atoms with E-state index in [-0.39, 0.29) is 0 Å². The number of aromatic nitrogens is 3. The lowest BCUT2D eigenvalue weighted by Crippen LogP contribution is -2.69. The molecule has 0 aromatic carbocycles. The molecule has 0 radical (unpaired) electrons. The monoisotopic (exact) mass is 309 g/mol. The number of hydrogen-bond acceptors (Lipinski definition) is 5. The Bertz CT molecular complexity index is 660. The van der Waals surface area contributed by atoms with Crippen molar-refractivity contribution in [3.05, 3.63) is 48.2 Å². The van der Waals surface area contributed by atoms with Crippen LogP contribution in [0.25, 0.3) is 0 Å². The molecule has 5 nitrogen and oxygen atoms in total. The van der Waals surface area contributed by atoms with Crippen LogP contribution in [0.3, 0.4) is 0 Å². The van der Waals surface area contributed by atoms with Gasteiger partial charge in [0, 0.05) is 50.0 Å². The quantitative estimate of drug-likeness (QED) is 0.868. The van der Waals surface area contributed by atoms with Gasteiger partial charge in [0.1, 0.15) is 11.6 Å². The smallest absolute Gasteiger partial charge is 0.133 e. The highest BCUT2D eigenvalue weighted by atomic mass is 15.4.